The summed E-state index contributed by atoms with van der Waals surface area (Å²) in [5, 5.41) is 2.85. The highest BCUT2D eigenvalue weighted by atomic mass is 16.5. The maximum absolute atomic E-state index is 11.1. The van der Waals surface area contributed by atoms with E-state index < -0.39 is 0 Å². The van der Waals surface area contributed by atoms with Crippen molar-refractivity contribution in [3.05, 3.63) is 0 Å². The van der Waals surface area contributed by atoms with Crippen molar-refractivity contribution in [1.82, 2.24) is 5.32 Å². The summed E-state index contributed by atoms with van der Waals surface area (Å²) in [6, 6.07) is 0. The van der Waals surface area contributed by atoms with Crippen molar-refractivity contribution < 1.29 is 9.53 Å². The zero-order chi connectivity index (χ0) is 9.73. The minimum Gasteiger partial charge on any atom is -0.375 e. The van der Waals surface area contributed by atoms with Gasteiger partial charge in [0.15, 0.2) is 0 Å². The fraction of sp³-hybridized carbons (Fsp3) is 0.889. The first-order chi connectivity index (χ1) is 6.22. The number of ether oxygens (including phenoxy) is 1. The van der Waals surface area contributed by atoms with Crippen LogP contribution >= 0.6 is 0 Å². The van der Waals surface area contributed by atoms with E-state index in [-0.39, 0.29) is 12.5 Å². The van der Waals surface area contributed by atoms with Crippen molar-refractivity contribution >= 4 is 5.91 Å². The summed E-state index contributed by atoms with van der Waals surface area (Å²) >= 11 is 0. The fourth-order valence-electron chi connectivity index (χ4n) is 1.47. The highest BCUT2D eigenvalue weighted by Crippen LogP contribution is 2.47. The van der Waals surface area contributed by atoms with Crippen LogP contribution in [0.5, 0.6) is 0 Å². The third-order valence-corrected chi connectivity index (χ3v) is 2.57. The molecule has 0 bridgehead atoms. The Labute approximate surface area is 78.8 Å². The van der Waals surface area contributed by atoms with Crippen LogP contribution in [0.2, 0.25) is 0 Å². The number of amides is 1. The molecule has 0 heterocycles. The van der Waals surface area contributed by atoms with E-state index in [0.717, 1.165) is 13.0 Å². The highest BCUT2D eigenvalue weighted by Gasteiger charge is 2.41. The molecule has 13 heavy (non-hydrogen) atoms. The lowest BCUT2D eigenvalue weighted by Gasteiger charge is -2.14. The Morgan fingerprint density at radius 2 is 2.31 bits per heavy atom. The van der Waals surface area contributed by atoms with Crippen molar-refractivity contribution in [3.8, 4) is 0 Å². The van der Waals surface area contributed by atoms with E-state index in [1.165, 1.54) is 20.0 Å². The van der Waals surface area contributed by atoms with Crippen LogP contribution in [0.25, 0.3) is 0 Å². The Bertz CT molecular complexity index is 178. The van der Waals surface area contributed by atoms with Crippen molar-refractivity contribution in [1.29, 1.82) is 0 Å². The number of hydrogen-bond donors (Lipinski definition) is 2. The standard InChI is InChI=1S/C9H18N2O2/c1-13-6-8(12)11-7-9(2-3-9)4-5-10/h2-7,10H2,1H3,(H,11,12). The van der Waals surface area contributed by atoms with Crippen molar-refractivity contribution in [2.45, 2.75) is 19.3 Å². The lowest BCUT2D eigenvalue weighted by atomic mass is 10.0. The van der Waals surface area contributed by atoms with Gasteiger partial charge in [0.05, 0.1) is 0 Å². The maximum atomic E-state index is 11.1. The molecule has 76 valence electrons. The summed E-state index contributed by atoms with van der Waals surface area (Å²) in [7, 11) is 1.52. The molecule has 4 heteroatoms. The topological polar surface area (TPSA) is 64.3 Å². The van der Waals surface area contributed by atoms with Gasteiger partial charge in [-0.15, -0.1) is 0 Å². The summed E-state index contributed by atoms with van der Waals surface area (Å²) in [5.74, 6) is -0.0363. The summed E-state index contributed by atoms with van der Waals surface area (Å²) in [5.41, 5.74) is 5.80. The van der Waals surface area contributed by atoms with E-state index in [0.29, 0.717) is 12.0 Å². The molecule has 0 spiro atoms. The molecule has 0 aromatic heterocycles. The third-order valence-electron chi connectivity index (χ3n) is 2.57. The van der Waals surface area contributed by atoms with Gasteiger partial charge in [0.2, 0.25) is 5.91 Å². The van der Waals surface area contributed by atoms with E-state index in [4.69, 9.17) is 10.5 Å². The Morgan fingerprint density at radius 3 is 2.77 bits per heavy atom. The third kappa shape index (κ3) is 3.32. The van der Waals surface area contributed by atoms with Gasteiger partial charge in [0.25, 0.3) is 0 Å². The van der Waals surface area contributed by atoms with Crippen LogP contribution in [-0.2, 0) is 9.53 Å². The van der Waals surface area contributed by atoms with Crippen LogP contribution in [0.15, 0.2) is 0 Å². The van der Waals surface area contributed by atoms with E-state index >= 15 is 0 Å². The van der Waals surface area contributed by atoms with E-state index in [1.807, 2.05) is 0 Å². The smallest absolute Gasteiger partial charge is 0.246 e. The van der Waals surface area contributed by atoms with Crippen molar-refractivity contribution in [2.75, 3.05) is 26.8 Å². The van der Waals surface area contributed by atoms with E-state index in [1.54, 1.807) is 0 Å². The molecule has 0 unspecified atom stereocenters. The zero-order valence-electron chi connectivity index (χ0n) is 8.14. The zero-order valence-corrected chi connectivity index (χ0v) is 8.14. The normalized spacial score (nSPS) is 18.3. The fourth-order valence-corrected chi connectivity index (χ4v) is 1.47. The Balaban J connectivity index is 2.14. The SMILES string of the molecule is COCC(=O)NCC1(CCN)CC1. The molecule has 1 fully saturated rings. The molecule has 0 aromatic carbocycles. The number of nitrogens with one attached hydrogen (secondary N) is 1. The molecule has 1 saturated carbocycles. The number of methoxy groups -OCH3 is 1. The number of hydrogen-bond acceptors (Lipinski definition) is 3. The summed E-state index contributed by atoms with van der Waals surface area (Å²) < 4.78 is 4.71. The summed E-state index contributed by atoms with van der Waals surface area (Å²) in [4.78, 5) is 11.1. The Hall–Kier alpha value is -0.610. The van der Waals surface area contributed by atoms with Gasteiger partial charge in [0.1, 0.15) is 6.61 Å². The Kier molecular flexibility index (Phi) is 3.69. The van der Waals surface area contributed by atoms with Crippen LogP contribution in [0.1, 0.15) is 19.3 Å². The molecule has 1 aliphatic rings. The second-order valence-corrected chi connectivity index (χ2v) is 3.75. The van der Waals surface area contributed by atoms with Gasteiger partial charge in [-0.2, -0.15) is 0 Å². The van der Waals surface area contributed by atoms with E-state index in [2.05, 4.69) is 5.32 Å². The van der Waals surface area contributed by atoms with Gasteiger partial charge < -0.3 is 15.8 Å². The summed E-state index contributed by atoms with van der Waals surface area (Å²) in [6.07, 6.45) is 3.40. The largest absolute Gasteiger partial charge is 0.375 e. The van der Waals surface area contributed by atoms with Crippen LogP contribution in [0, 0.1) is 5.41 Å². The molecular formula is C9H18N2O2. The van der Waals surface area contributed by atoms with Gasteiger partial charge in [-0.3, -0.25) is 4.79 Å². The van der Waals surface area contributed by atoms with Crippen molar-refractivity contribution in [2.24, 2.45) is 11.1 Å². The molecule has 0 aromatic rings. The second kappa shape index (κ2) is 4.58. The highest BCUT2D eigenvalue weighted by molar-refractivity contribution is 5.77. The van der Waals surface area contributed by atoms with Crippen LogP contribution in [-0.4, -0.2) is 32.7 Å². The number of nitrogens with two attached hydrogens (primary N) is 1. The molecule has 1 aliphatic carbocycles. The first-order valence-corrected chi connectivity index (χ1v) is 4.68. The van der Waals surface area contributed by atoms with E-state index in [9.17, 15) is 4.79 Å². The molecule has 0 saturated heterocycles. The van der Waals surface area contributed by atoms with Gasteiger partial charge in [-0.25, -0.2) is 0 Å². The number of carbonyl (C=O) groups is 1. The lowest BCUT2D eigenvalue weighted by Crippen LogP contribution is -2.33. The van der Waals surface area contributed by atoms with Crippen LogP contribution < -0.4 is 11.1 Å². The monoisotopic (exact) mass is 186 g/mol. The summed E-state index contributed by atoms with van der Waals surface area (Å²) in [6.45, 7) is 1.62. The predicted octanol–water partition coefficient (Wildman–Crippen LogP) is -0.122. The number of rotatable bonds is 6. The first-order valence-electron chi connectivity index (χ1n) is 4.68. The minimum atomic E-state index is -0.0363. The quantitative estimate of drug-likeness (QED) is 0.607. The molecular weight excluding hydrogens is 168 g/mol. The molecule has 4 nitrogen and oxygen atoms in total. The van der Waals surface area contributed by atoms with Gasteiger partial charge in [-0.1, -0.05) is 0 Å². The van der Waals surface area contributed by atoms with Gasteiger partial charge in [-0.05, 0) is 31.2 Å². The molecule has 3 N–H and O–H groups in total. The van der Waals surface area contributed by atoms with Gasteiger partial charge >= 0.3 is 0 Å². The Morgan fingerprint density at radius 1 is 1.62 bits per heavy atom. The molecule has 0 atom stereocenters. The predicted molar refractivity (Wildman–Crippen MR) is 50.2 cm³/mol. The minimum absolute atomic E-state index is 0.0363. The van der Waals surface area contributed by atoms with Crippen LogP contribution in [0.4, 0.5) is 0 Å². The molecule has 0 radical (unpaired) electrons. The van der Waals surface area contributed by atoms with Gasteiger partial charge in [0, 0.05) is 13.7 Å². The maximum Gasteiger partial charge on any atom is 0.246 e. The van der Waals surface area contributed by atoms with Crippen molar-refractivity contribution in [3.63, 3.8) is 0 Å². The first kappa shape index (κ1) is 10.5. The lowest BCUT2D eigenvalue weighted by molar-refractivity contribution is -0.125. The number of carbonyl (C=O) groups excluding carboxylic acids is 1. The molecule has 1 amide bonds. The second-order valence-electron chi connectivity index (χ2n) is 3.75. The molecule has 1 rings (SSSR count). The molecule has 0 aliphatic heterocycles. The average molecular weight is 186 g/mol. The van der Waals surface area contributed by atoms with Crippen LogP contribution in [0.3, 0.4) is 0 Å². The average Bonchev–Trinajstić information content (AvgIpc) is 2.84.